The van der Waals surface area contributed by atoms with Crippen LogP contribution in [0.15, 0.2) is 60.3 Å². The van der Waals surface area contributed by atoms with Gasteiger partial charge in [-0.15, -0.1) is 0 Å². The van der Waals surface area contributed by atoms with Crippen LogP contribution in [0.1, 0.15) is 46.1 Å². The van der Waals surface area contributed by atoms with Crippen LogP contribution in [0.5, 0.6) is 0 Å². The van der Waals surface area contributed by atoms with Gasteiger partial charge in [0.1, 0.15) is 5.82 Å². The molecule has 0 spiro atoms. The molecule has 4 nitrogen and oxygen atoms in total. The molecule has 0 aliphatic heterocycles. The Morgan fingerprint density at radius 1 is 1.19 bits per heavy atom. The predicted molar refractivity (Wildman–Crippen MR) is 153 cm³/mol. The van der Waals surface area contributed by atoms with Crippen molar-refractivity contribution in [2.24, 2.45) is 5.92 Å². The Labute approximate surface area is 219 Å². The lowest BCUT2D eigenvalue weighted by atomic mass is 10.1. The fraction of sp³-hybridized carbons (Fsp3) is 0.444. The van der Waals surface area contributed by atoms with Gasteiger partial charge in [0.2, 0.25) is 0 Å². The predicted octanol–water partition coefficient (Wildman–Crippen LogP) is 8.32. The molecule has 36 heavy (non-hydrogen) atoms. The van der Waals surface area contributed by atoms with Crippen LogP contribution >= 0.6 is 19.8 Å². The molecule has 0 amide bonds. The molecule has 2 aromatic rings. The van der Waals surface area contributed by atoms with E-state index >= 15 is 0 Å². The van der Waals surface area contributed by atoms with E-state index < -0.39 is 20.7 Å². The van der Waals surface area contributed by atoms with Crippen LogP contribution in [0.2, 0.25) is 0 Å². The summed E-state index contributed by atoms with van der Waals surface area (Å²) in [6, 6.07) is 8.28. The summed E-state index contributed by atoms with van der Waals surface area (Å²) in [6.45, 7) is 19.1. The normalized spacial score (nSPS) is 14.2. The lowest BCUT2D eigenvalue weighted by molar-refractivity contribution is -0.133. The van der Waals surface area contributed by atoms with Crippen LogP contribution in [-0.2, 0) is 0 Å². The number of nitrogens with zero attached hydrogens (tertiary/aromatic N) is 1. The number of fused-ring (bicyclic) bond motifs is 1. The Hall–Kier alpha value is -1.86. The summed E-state index contributed by atoms with van der Waals surface area (Å²) in [7, 11) is -0.719. The van der Waals surface area contributed by atoms with Gasteiger partial charge in [-0.25, -0.2) is 4.98 Å². The number of hydrogen-bond acceptors (Lipinski definition) is 5. The number of thioether (sulfide) groups is 1. The van der Waals surface area contributed by atoms with Gasteiger partial charge in [-0.05, 0) is 62.1 Å². The average molecular weight is 539 g/mol. The molecule has 1 aromatic heterocycles. The molecule has 0 fully saturated rings. The van der Waals surface area contributed by atoms with Crippen molar-refractivity contribution in [2.75, 3.05) is 25.1 Å². The van der Waals surface area contributed by atoms with Gasteiger partial charge < -0.3 is 10.6 Å². The Morgan fingerprint density at radius 3 is 2.53 bits per heavy atom. The van der Waals surface area contributed by atoms with Crippen LogP contribution in [-0.4, -0.2) is 36.7 Å². The largest absolute Gasteiger partial charge is 0.390 e. The molecule has 0 bridgehead atoms. The van der Waals surface area contributed by atoms with Gasteiger partial charge in [-0.2, -0.15) is 13.2 Å². The molecule has 2 unspecified atom stereocenters. The molecule has 1 heterocycles. The molecule has 0 aliphatic rings. The third-order valence-electron chi connectivity index (χ3n) is 5.18. The quantitative estimate of drug-likeness (QED) is 0.211. The number of anilines is 1. The first-order valence-electron chi connectivity index (χ1n) is 12.0. The molecule has 3 N–H and O–H groups in total. The Bertz CT molecular complexity index is 1070. The van der Waals surface area contributed by atoms with E-state index in [-0.39, 0.29) is 12.3 Å². The van der Waals surface area contributed by atoms with Gasteiger partial charge in [0.15, 0.2) is 0 Å². The molecule has 1 aromatic carbocycles. The highest BCUT2D eigenvalue weighted by atomic mass is 32.2. The summed E-state index contributed by atoms with van der Waals surface area (Å²) < 4.78 is 37.9. The molecule has 0 radical (unpaired) electrons. The van der Waals surface area contributed by atoms with Crippen LogP contribution in [0.25, 0.3) is 15.7 Å². The highest BCUT2D eigenvalue weighted by molar-refractivity contribution is 8.11. The number of hydrogen-bond donors (Lipinski definition) is 3. The minimum atomic E-state index is -4.18. The van der Waals surface area contributed by atoms with E-state index in [0.717, 1.165) is 27.8 Å². The van der Waals surface area contributed by atoms with Crippen LogP contribution in [0.4, 0.5) is 19.0 Å². The average Bonchev–Trinajstić information content (AvgIpc) is 2.76. The van der Waals surface area contributed by atoms with Crippen molar-refractivity contribution >= 4 is 41.3 Å². The number of aromatic nitrogens is 1. The van der Waals surface area contributed by atoms with Crippen LogP contribution in [0, 0.1) is 5.92 Å². The third-order valence-corrected chi connectivity index (χ3v) is 8.24. The van der Waals surface area contributed by atoms with Gasteiger partial charge in [0, 0.05) is 40.9 Å². The maximum atomic E-state index is 12.6. The maximum absolute atomic E-state index is 12.6. The Morgan fingerprint density at radius 2 is 1.92 bits per heavy atom. The van der Waals surface area contributed by atoms with Gasteiger partial charge in [0.05, 0.1) is 6.42 Å². The summed E-state index contributed by atoms with van der Waals surface area (Å²) in [6.07, 6.45) is -0.491. The van der Waals surface area contributed by atoms with E-state index in [1.54, 1.807) is 11.8 Å². The lowest BCUT2D eigenvalue weighted by Crippen LogP contribution is -2.34. The minimum absolute atomic E-state index is 0.120. The smallest absolute Gasteiger partial charge is 0.344 e. The summed E-state index contributed by atoms with van der Waals surface area (Å²) in [5, 5.41) is 11.7. The molecule has 0 aliphatic carbocycles. The second-order valence-corrected chi connectivity index (χ2v) is 12.6. The van der Waals surface area contributed by atoms with Crippen molar-refractivity contribution in [3.63, 3.8) is 0 Å². The first kappa shape index (κ1) is 30.4. The zero-order valence-electron chi connectivity index (χ0n) is 21.8. The number of halogens is 3. The lowest BCUT2D eigenvalue weighted by Gasteiger charge is -2.27. The first-order valence-corrected chi connectivity index (χ1v) is 14.7. The van der Waals surface area contributed by atoms with Crippen molar-refractivity contribution < 1.29 is 13.2 Å². The van der Waals surface area contributed by atoms with E-state index in [9.17, 15) is 13.2 Å². The van der Waals surface area contributed by atoms with Crippen molar-refractivity contribution in [3.05, 3.63) is 65.9 Å². The molecule has 0 saturated heterocycles. The molecular formula is C27H38F3N4PS. The number of rotatable bonds is 14. The van der Waals surface area contributed by atoms with Crippen molar-refractivity contribution in [2.45, 2.75) is 52.5 Å². The third kappa shape index (κ3) is 10.6. The van der Waals surface area contributed by atoms with E-state index in [1.165, 1.54) is 4.91 Å². The summed E-state index contributed by atoms with van der Waals surface area (Å²) in [4.78, 5) is 6.71. The zero-order chi connectivity index (χ0) is 26.9. The van der Waals surface area contributed by atoms with E-state index in [1.807, 2.05) is 32.8 Å². The first-order chi connectivity index (χ1) is 16.9. The summed E-state index contributed by atoms with van der Waals surface area (Å²) >= 11 is 1.67. The van der Waals surface area contributed by atoms with Crippen LogP contribution < -0.4 is 15.7 Å². The van der Waals surface area contributed by atoms with Crippen molar-refractivity contribution in [1.82, 2.24) is 15.4 Å². The van der Waals surface area contributed by atoms with Gasteiger partial charge in [-0.1, -0.05) is 63.9 Å². The van der Waals surface area contributed by atoms with E-state index in [2.05, 4.69) is 72.0 Å². The minimum Gasteiger partial charge on any atom is -0.344 e. The monoisotopic (exact) mass is 538 g/mol. The van der Waals surface area contributed by atoms with Gasteiger partial charge in [0.25, 0.3) is 0 Å². The summed E-state index contributed by atoms with van der Waals surface area (Å²) in [5.74, 6) is 0.922. The number of benzene rings is 1. The molecule has 0 saturated carbocycles. The van der Waals surface area contributed by atoms with Crippen LogP contribution in [0.3, 0.4) is 0 Å². The molecule has 198 valence electrons. The Balaban J connectivity index is 2.18. The number of allylic oxidation sites excluding steroid dienone is 2. The zero-order valence-corrected chi connectivity index (χ0v) is 23.5. The summed E-state index contributed by atoms with van der Waals surface area (Å²) in [5.41, 5.74) is 1.82. The molecular weight excluding hydrogens is 500 g/mol. The SMILES string of the molecule is C=C(CC(NCCC(F)(F)F)P(C)NCC)Nc1cc2cc(/C(=C/C(C)C)SC(=C)C)ccc2cn1. The highest BCUT2D eigenvalue weighted by Gasteiger charge is 2.27. The van der Waals surface area contributed by atoms with Gasteiger partial charge >= 0.3 is 6.18 Å². The van der Waals surface area contributed by atoms with E-state index in [4.69, 9.17) is 0 Å². The number of pyridine rings is 1. The highest BCUT2D eigenvalue weighted by Crippen LogP contribution is 2.36. The topological polar surface area (TPSA) is 49.0 Å². The number of alkyl halides is 3. The van der Waals surface area contributed by atoms with E-state index in [0.29, 0.717) is 23.9 Å². The second-order valence-electron chi connectivity index (χ2n) is 9.10. The van der Waals surface area contributed by atoms with Crippen molar-refractivity contribution in [1.29, 1.82) is 0 Å². The van der Waals surface area contributed by atoms with Crippen molar-refractivity contribution in [3.8, 4) is 0 Å². The maximum Gasteiger partial charge on any atom is 0.390 e. The second kappa shape index (κ2) is 14.2. The van der Waals surface area contributed by atoms with Gasteiger partial charge in [-0.3, -0.25) is 5.09 Å². The molecule has 2 rings (SSSR count). The fourth-order valence-electron chi connectivity index (χ4n) is 3.59. The fourth-order valence-corrected chi connectivity index (χ4v) is 6.17. The molecule has 2 atom stereocenters. The number of nitrogens with one attached hydrogen (secondary N) is 3. The standard InChI is InChI=1S/C27H38F3N4PS/c1-8-33-35(7)26(31-12-11-27(28,29)30)14-20(6)34-25-16-23-15-21(9-10-22(23)17-32-25)24(13-18(2)3)36-19(4)5/h9-10,13,15-18,26,31,33H,4,6,8,11-12,14H2,1-3,5,7H3,(H,32,34)/b24-13-. The molecule has 9 heteroatoms. The Kier molecular flexibility index (Phi) is 12.0.